The number of nitro benzene ring substituents is 2. The first-order valence-electron chi connectivity index (χ1n) is 8.69. The molecule has 10 heteroatoms. The van der Waals surface area contributed by atoms with Crippen LogP contribution in [-0.4, -0.2) is 32.5 Å². The minimum Gasteiger partial charge on any atom is -0.478 e. The van der Waals surface area contributed by atoms with Crippen LogP contribution in [0.5, 0.6) is 0 Å². The van der Waals surface area contributed by atoms with Gasteiger partial charge < -0.3 is 9.84 Å². The number of hydrogen-bond donors (Lipinski definition) is 1. The monoisotopic (exact) mass is 418 g/mol. The van der Waals surface area contributed by atoms with Crippen LogP contribution in [0.25, 0.3) is 0 Å². The number of aryl methyl sites for hydroxylation is 2. The van der Waals surface area contributed by atoms with E-state index >= 15 is 0 Å². The van der Waals surface area contributed by atoms with Crippen molar-refractivity contribution >= 4 is 23.3 Å². The number of nitro groups is 2. The highest BCUT2D eigenvalue weighted by molar-refractivity contribution is 5.90. The van der Waals surface area contributed by atoms with Crippen molar-refractivity contribution in [3.63, 3.8) is 0 Å². The molecule has 1 N–H and O–H groups in total. The number of carbonyl (C=O) groups excluding carboxylic acids is 1. The number of aromatic carboxylic acids is 1. The summed E-state index contributed by atoms with van der Waals surface area (Å²) in [6.07, 6.45) is 0. The molecule has 0 fully saturated rings. The van der Waals surface area contributed by atoms with Gasteiger partial charge in [0, 0.05) is 23.3 Å². The highest BCUT2D eigenvalue weighted by Gasteiger charge is 2.20. The van der Waals surface area contributed by atoms with Crippen molar-refractivity contribution in [1.82, 2.24) is 0 Å². The average Bonchev–Trinajstić information content (AvgIpc) is 2.59. The van der Waals surface area contributed by atoms with Crippen LogP contribution in [0.3, 0.4) is 0 Å². The Kier molecular flexibility index (Phi) is 7.74. The highest BCUT2D eigenvalue weighted by atomic mass is 16.6. The van der Waals surface area contributed by atoms with Crippen LogP contribution in [0.15, 0.2) is 36.4 Å². The molecule has 10 nitrogen and oxygen atoms in total. The Balaban J connectivity index is 0.000000311. The molecule has 0 unspecified atom stereocenters. The molecule has 2 aromatic carbocycles. The van der Waals surface area contributed by atoms with Crippen molar-refractivity contribution in [3.8, 4) is 0 Å². The third-order valence-electron chi connectivity index (χ3n) is 3.67. The molecule has 0 bridgehead atoms. The number of carbonyl (C=O) groups is 2. The Hall–Kier alpha value is -3.82. The largest absolute Gasteiger partial charge is 0.478 e. The minimum atomic E-state index is -1.09. The molecule has 0 heterocycles. The molecule has 0 spiro atoms. The third kappa shape index (κ3) is 6.97. The second kappa shape index (κ2) is 9.59. The first kappa shape index (κ1) is 24.2. The fourth-order valence-electron chi connectivity index (χ4n) is 2.32. The molecule has 0 aromatic heterocycles. The van der Waals surface area contributed by atoms with Crippen molar-refractivity contribution in [2.75, 3.05) is 0 Å². The lowest BCUT2D eigenvalue weighted by Gasteiger charge is -2.19. The van der Waals surface area contributed by atoms with Gasteiger partial charge in [0.2, 0.25) is 0 Å². The summed E-state index contributed by atoms with van der Waals surface area (Å²) >= 11 is 0. The molecule has 0 aliphatic rings. The molecule has 0 amide bonds. The maximum absolute atomic E-state index is 11.7. The summed E-state index contributed by atoms with van der Waals surface area (Å²) in [5.74, 6) is -1.56. The topological polar surface area (TPSA) is 150 Å². The Bertz CT molecular complexity index is 993. The van der Waals surface area contributed by atoms with Crippen molar-refractivity contribution in [3.05, 3.63) is 78.9 Å². The summed E-state index contributed by atoms with van der Waals surface area (Å²) in [5.41, 5.74) is 0.531. The summed E-state index contributed by atoms with van der Waals surface area (Å²) in [6, 6.07) is 7.87. The standard InChI is InChI=1S/C12H15NO4.C8H7NO4/c1-8-7-9(5-6-10(8)13(15)16)11(14)17-12(2,3)4;1-5-4-6(8(10)11)2-3-7(5)9(12)13/h5-7H,1-4H3;2-4H,1H3,(H,10,11). The van der Waals surface area contributed by atoms with Crippen LogP contribution < -0.4 is 0 Å². The molecule has 0 aliphatic carbocycles. The van der Waals surface area contributed by atoms with Crippen LogP contribution >= 0.6 is 0 Å². The normalized spacial score (nSPS) is 10.4. The van der Waals surface area contributed by atoms with Gasteiger partial charge in [0.15, 0.2) is 0 Å². The molecule has 2 aromatic rings. The van der Waals surface area contributed by atoms with E-state index in [1.807, 2.05) is 0 Å². The van der Waals surface area contributed by atoms with E-state index in [-0.39, 0.29) is 16.9 Å². The Morgan fingerprint density at radius 3 is 1.60 bits per heavy atom. The van der Waals surface area contributed by atoms with Gasteiger partial charge in [-0.1, -0.05) is 0 Å². The number of ether oxygens (including phenoxy) is 1. The van der Waals surface area contributed by atoms with Crippen LogP contribution in [0, 0.1) is 34.1 Å². The highest BCUT2D eigenvalue weighted by Crippen LogP contribution is 2.21. The quantitative estimate of drug-likeness (QED) is 0.434. The molecule has 2 rings (SSSR count). The van der Waals surface area contributed by atoms with Crippen LogP contribution in [0.1, 0.15) is 52.6 Å². The number of benzene rings is 2. The zero-order chi connectivity index (χ0) is 23.2. The van der Waals surface area contributed by atoms with Gasteiger partial charge in [-0.3, -0.25) is 20.2 Å². The van der Waals surface area contributed by atoms with E-state index < -0.39 is 27.4 Å². The summed E-state index contributed by atoms with van der Waals surface area (Å²) in [7, 11) is 0. The van der Waals surface area contributed by atoms with Gasteiger partial charge >= 0.3 is 11.9 Å². The molecule has 0 saturated heterocycles. The predicted octanol–water partition coefficient (Wildman–Crippen LogP) is 4.46. The van der Waals surface area contributed by atoms with Gasteiger partial charge in [0.05, 0.1) is 21.0 Å². The molecule has 0 aliphatic heterocycles. The van der Waals surface area contributed by atoms with Gasteiger partial charge in [-0.2, -0.15) is 0 Å². The van der Waals surface area contributed by atoms with E-state index in [4.69, 9.17) is 9.84 Å². The van der Waals surface area contributed by atoms with E-state index in [0.717, 1.165) is 0 Å². The Morgan fingerprint density at radius 2 is 1.27 bits per heavy atom. The molecule has 30 heavy (non-hydrogen) atoms. The number of rotatable bonds is 4. The number of nitrogens with zero attached hydrogens (tertiary/aromatic N) is 2. The first-order valence-corrected chi connectivity index (χ1v) is 8.69. The molecule has 160 valence electrons. The molecule has 0 radical (unpaired) electrons. The lowest BCUT2D eigenvalue weighted by atomic mass is 10.1. The van der Waals surface area contributed by atoms with Crippen LogP contribution in [-0.2, 0) is 4.74 Å². The summed E-state index contributed by atoms with van der Waals surface area (Å²) in [6.45, 7) is 8.39. The molecular weight excluding hydrogens is 396 g/mol. The maximum Gasteiger partial charge on any atom is 0.338 e. The van der Waals surface area contributed by atoms with Crippen LogP contribution in [0.2, 0.25) is 0 Å². The fraction of sp³-hybridized carbons (Fsp3) is 0.300. The third-order valence-corrected chi connectivity index (χ3v) is 3.67. The minimum absolute atomic E-state index is 0.00249. The van der Waals surface area contributed by atoms with Gasteiger partial charge in [-0.25, -0.2) is 9.59 Å². The number of carboxylic acid groups (broad SMARTS) is 1. The lowest BCUT2D eigenvalue weighted by molar-refractivity contribution is -0.385. The van der Waals surface area contributed by atoms with E-state index in [9.17, 15) is 29.8 Å². The van der Waals surface area contributed by atoms with Crippen molar-refractivity contribution in [1.29, 1.82) is 0 Å². The Labute approximate surface area is 172 Å². The SMILES string of the molecule is Cc1cc(C(=O)O)ccc1[N+](=O)[O-].Cc1cc(C(=O)OC(C)(C)C)ccc1[N+](=O)[O-]. The number of carboxylic acids is 1. The molecule has 0 atom stereocenters. The molecular formula is C20H22N2O8. The Morgan fingerprint density at radius 1 is 0.867 bits per heavy atom. The van der Waals surface area contributed by atoms with E-state index in [0.29, 0.717) is 16.7 Å². The second-order valence-electron chi connectivity index (χ2n) is 7.32. The van der Waals surface area contributed by atoms with Crippen LogP contribution in [0.4, 0.5) is 11.4 Å². The fourth-order valence-corrected chi connectivity index (χ4v) is 2.32. The zero-order valence-corrected chi connectivity index (χ0v) is 17.2. The average molecular weight is 418 g/mol. The van der Waals surface area contributed by atoms with E-state index in [2.05, 4.69) is 0 Å². The zero-order valence-electron chi connectivity index (χ0n) is 17.2. The van der Waals surface area contributed by atoms with Crippen molar-refractivity contribution < 1.29 is 29.3 Å². The van der Waals surface area contributed by atoms with E-state index in [1.165, 1.54) is 43.3 Å². The van der Waals surface area contributed by atoms with Crippen molar-refractivity contribution in [2.24, 2.45) is 0 Å². The van der Waals surface area contributed by atoms with Gasteiger partial charge in [-0.15, -0.1) is 0 Å². The smallest absolute Gasteiger partial charge is 0.338 e. The van der Waals surface area contributed by atoms with Crippen molar-refractivity contribution in [2.45, 2.75) is 40.2 Å². The van der Waals surface area contributed by atoms with Gasteiger partial charge in [0.25, 0.3) is 11.4 Å². The summed E-state index contributed by atoms with van der Waals surface area (Å²) < 4.78 is 5.17. The molecule has 0 saturated carbocycles. The first-order chi connectivity index (χ1) is 13.7. The number of hydrogen-bond acceptors (Lipinski definition) is 7. The van der Waals surface area contributed by atoms with Gasteiger partial charge in [0.1, 0.15) is 5.60 Å². The maximum atomic E-state index is 11.7. The second-order valence-corrected chi connectivity index (χ2v) is 7.32. The predicted molar refractivity (Wildman–Crippen MR) is 108 cm³/mol. The lowest BCUT2D eigenvalue weighted by Crippen LogP contribution is -2.23. The van der Waals surface area contributed by atoms with Gasteiger partial charge in [-0.05, 0) is 58.9 Å². The summed E-state index contributed by atoms with van der Waals surface area (Å²) in [5, 5.41) is 29.6. The summed E-state index contributed by atoms with van der Waals surface area (Å²) in [4.78, 5) is 42.1. The van der Waals surface area contributed by atoms with E-state index in [1.54, 1.807) is 27.7 Å². The number of esters is 1.